The maximum atomic E-state index is 12.9. The number of anilines is 1. The van der Waals surface area contributed by atoms with E-state index in [9.17, 15) is 4.79 Å². The number of amides is 1. The van der Waals surface area contributed by atoms with Crippen LogP contribution in [0.3, 0.4) is 0 Å². The Morgan fingerprint density at radius 2 is 1.83 bits per heavy atom. The van der Waals surface area contributed by atoms with Crippen molar-refractivity contribution in [3.8, 4) is 5.75 Å². The van der Waals surface area contributed by atoms with Crippen molar-refractivity contribution in [2.75, 3.05) is 37.7 Å². The van der Waals surface area contributed by atoms with E-state index in [1.165, 1.54) is 5.69 Å². The molecule has 1 aliphatic heterocycles. The molecule has 1 saturated heterocycles. The summed E-state index contributed by atoms with van der Waals surface area (Å²) in [5, 5.41) is 3.33. The molecule has 29 heavy (non-hydrogen) atoms. The van der Waals surface area contributed by atoms with E-state index in [4.69, 9.17) is 17.0 Å². The highest BCUT2D eigenvalue weighted by Crippen LogP contribution is 2.24. The second kappa shape index (κ2) is 10.1. The molecule has 3 rings (SSSR count). The van der Waals surface area contributed by atoms with Crippen LogP contribution in [-0.4, -0.2) is 48.7 Å². The van der Waals surface area contributed by atoms with Gasteiger partial charge in [-0.05, 0) is 48.5 Å². The maximum absolute atomic E-state index is 12.9. The molecule has 0 aromatic heterocycles. The summed E-state index contributed by atoms with van der Waals surface area (Å²) < 4.78 is 6.64. The minimum atomic E-state index is -0.249. The average Bonchev–Trinajstić information content (AvgIpc) is 2.73. The molecule has 1 N–H and O–H groups in total. The molecule has 2 aromatic rings. The molecular weight excluding hydrogens is 450 g/mol. The normalized spacial score (nSPS) is 14.1. The third kappa shape index (κ3) is 5.93. The zero-order valence-corrected chi connectivity index (χ0v) is 19.1. The van der Waals surface area contributed by atoms with E-state index in [1.54, 1.807) is 6.07 Å². The second-order valence-electron chi connectivity index (χ2n) is 7.41. The van der Waals surface area contributed by atoms with Crippen LogP contribution in [0.25, 0.3) is 0 Å². The van der Waals surface area contributed by atoms with Crippen LogP contribution in [0.5, 0.6) is 5.75 Å². The first-order chi connectivity index (χ1) is 13.9. The molecule has 0 aliphatic carbocycles. The molecule has 0 unspecified atom stereocenters. The Morgan fingerprint density at radius 1 is 1.14 bits per heavy atom. The van der Waals surface area contributed by atoms with Crippen LogP contribution in [0.4, 0.5) is 5.69 Å². The van der Waals surface area contributed by atoms with Crippen molar-refractivity contribution >= 4 is 44.9 Å². The molecule has 0 spiro atoms. The lowest BCUT2D eigenvalue weighted by atomic mass is 10.2. The average molecular weight is 476 g/mol. The minimum absolute atomic E-state index is 0.249. The summed E-state index contributed by atoms with van der Waals surface area (Å²) in [5.41, 5.74) is 1.69. The molecule has 1 fully saturated rings. The van der Waals surface area contributed by atoms with Gasteiger partial charge in [-0.1, -0.05) is 48.0 Å². The number of carbonyl (C=O) groups is 1. The Balaban J connectivity index is 1.60. The Hall–Kier alpha value is -2.12. The van der Waals surface area contributed by atoms with Crippen molar-refractivity contribution in [2.24, 2.45) is 5.92 Å². The van der Waals surface area contributed by atoms with E-state index in [0.29, 0.717) is 29.0 Å². The summed E-state index contributed by atoms with van der Waals surface area (Å²) in [6, 6.07) is 15.8. The fourth-order valence-corrected chi connectivity index (χ4v) is 3.75. The number of halogens is 1. The van der Waals surface area contributed by atoms with Gasteiger partial charge in [-0.3, -0.25) is 10.1 Å². The summed E-state index contributed by atoms with van der Waals surface area (Å²) in [7, 11) is 0. The number of carbonyl (C=O) groups excluding carboxylic acids is 1. The SMILES string of the molecule is CC(C)COc1ccc(Br)cc1C(=O)NC(=S)N1CCN(c2ccccc2)CC1. The van der Waals surface area contributed by atoms with Crippen LogP contribution in [0.2, 0.25) is 0 Å². The summed E-state index contributed by atoms with van der Waals surface area (Å²) in [4.78, 5) is 17.2. The first-order valence-corrected chi connectivity index (χ1v) is 11.0. The van der Waals surface area contributed by atoms with Gasteiger partial charge < -0.3 is 14.5 Å². The van der Waals surface area contributed by atoms with Gasteiger partial charge in [0.15, 0.2) is 5.11 Å². The van der Waals surface area contributed by atoms with Crippen molar-refractivity contribution in [3.63, 3.8) is 0 Å². The number of hydrogen-bond donors (Lipinski definition) is 1. The highest BCUT2D eigenvalue weighted by atomic mass is 79.9. The van der Waals surface area contributed by atoms with Crippen LogP contribution >= 0.6 is 28.1 Å². The predicted molar refractivity (Wildman–Crippen MR) is 125 cm³/mol. The van der Waals surface area contributed by atoms with Gasteiger partial charge >= 0.3 is 0 Å². The molecule has 154 valence electrons. The number of ether oxygens (including phenoxy) is 1. The monoisotopic (exact) mass is 475 g/mol. The summed E-state index contributed by atoms with van der Waals surface area (Å²) >= 11 is 8.94. The van der Waals surface area contributed by atoms with E-state index < -0.39 is 0 Å². The maximum Gasteiger partial charge on any atom is 0.261 e. The van der Waals surface area contributed by atoms with Gasteiger partial charge in [-0.2, -0.15) is 0 Å². The molecule has 5 nitrogen and oxygen atoms in total. The van der Waals surface area contributed by atoms with Crippen LogP contribution in [0.15, 0.2) is 53.0 Å². The van der Waals surface area contributed by atoms with E-state index in [0.717, 1.165) is 30.7 Å². The highest BCUT2D eigenvalue weighted by molar-refractivity contribution is 9.10. The van der Waals surface area contributed by atoms with E-state index in [-0.39, 0.29) is 5.91 Å². The Kier molecular flexibility index (Phi) is 7.50. The second-order valence-corrected chi connectivity index (χ2v) is 8.72. The number of hydrogen-bond acceptors (Lipinski definition) is 4. The van der Waals surface area contributed by atoms with Crippen LogP contribution in [-0.2, 0) is 0 Å². The smallest absolute Gasteiger partial charge is 0.261 e. The molecule has 0 bridgehead atoms. The first kappa shape index (κ1) is 21.6. The Labute approximate surface area is 186 Å². The number of nitrogens with one attached hydrogen (secondary N) is 1. The fourth-order valence-electron chi connectivity index (χ4n) is 3.11. The third-order valence-corrected chi connectivity index (χ3v) is 5.52. The van der Waals surface area contributed by atoms with Gasteiger partial charge in [0.05, 0.1) is 12.2 Å². The zero-order chi connectivity index (χ0) is 20.8. The molecule has 1 amide bonds. The summed E-state index contributed by atoms with van der Waals surface area (Å²) in [5.74, 6) is 0.688. The van der Waals surface area contributed by atoms with Gasteiger partial charge in [-0.25, -0.2) is 0 Å². The lowest BCUT2D eigenvalue weighted by Crippen LogP contribution is -2.52. The molecule has 1 aliphatic rings. The number of benzene rings is 2. The van der Waals surface area contributed by atoms with Gasteiger partial charge in [0.25, 0.3) is 5.91 Å². The standard InChI is InChI=1S/C22H26BrN3O2S/c1-16(2)15-28-20-9-8-17(23)14-19(20)21(27)24-22(29)26-12-10-25(11-13-26)18-6-4-3-5-7-18/h3-9,14,16H,10-13,15H2,1-2H3,(H,24,27,29). The molecular formula is C22H26BrN3O2S. The van der Waals surface area contributed by atoms with Crippen LogP contribution < -0.4 is 15.0 Å². The molecule has 1 heterocycles. The number of piperazine rings is 1. The van der Waals surface area contributed by atoms with E-state index in [1.807, 2.05) is 35.2 Å². The van der Waals surface area contributed by atoms with Gasteiger partial charge in [0.2, 0.25) is 0 Å². The van der Waals surface area contributed by atoms with Crippen LogP contribution in [0.1, 0.15) is 24.2 Å². The molecule has 0 atom stereocenters. The Morgan fingerprint density at radius 3 is 2.48 bits per heavy atom. The van der Waals surface area contributed by atoms with Crippen molar-refractivity contribution in [1.82, 2.24) is 10.2 Å². The Bertz CT molecular complexity index is 852. The van der Waals surface area contributed by atoms with E-state index >= 15 is 0 Å². The molecule has 0 saturated carbocycles. The first-order valence-electron chi connectivity index (χ1n) is 9.76. The number of nitrogens with zero attached hydrogens (tertiary/aromatic N) is 2. The minimum Gasteiger partial charge on any atom is -0.492 e. The van der Waals surface area contributed by atoms with E-state index in [2.05, 4.69) is 52.1 Å². The fraction of sp³-hybridized carbons (Fsp3) is 0.364. The lowest BCUT2D eigenvalue weighted by molar-refractivity contribution is 0.0968. The summed E-state index contributed by atoms with van der Waals surface area (Å²) in [6.45, 7) is 7.95. The topological polar surface area (TPSA) is 44.8 Å². The molecule has 0 radical (unpaired) electrons. The predicted octanol–water partition coefficient (Wildman–Crippen LogP) is 4.32. The lowest BCUT2D eigenvalue weighted by Gasteiger charge is -2.37. The van der Waals surface area contributed by atoms with Crippen molar-refractivity contribution < 1.29 is 9.53 Å². The number of rotatable bonds is 5. The van der Waals surface area contributed by atoms with Crippen molar-refractivity contribution in [1.29, 1.82) is 0 Å². The van der Waals surface area contributed by atoms with Crippen molar-refractivity contribution in [2.45, 2.75) is 13.8 Å². The largest absolute Gasteiger partial charge is 0.492 e. The summed E-state index contributed by atoms with van der Waals surface area (Å²) in [6.07, 6.45) is 0. The molecule has 2 aromatic carbocycles. The third-order valence-electron chi connectivity index (χ3n) is 4.67. The van der Waals surface area contributed by atoms with Gasteiger partial charge in [0, 0.05) is 36.3 Å². The molecule has 7 heteroatoms. The number of para-hydroxylation sites is 1. The van der Waals surface area contributed by atoms with Crippen LogP contribution in [0, 0.1) is 5.92 Å². The highest BCUT2D eigenvalue weighted by Gasteiger charge is 2.22. The quantitative estimate of drug-likeness (QED) is 0.652. The zero-order valence-electron chi connectivity index (χ0n) is 16.7. The van der Waals surface area contributed by atoms with Gasteiger partial charge in [-0.15, -0.1) is 0 Å². The van der Waals surface area contributed by atoms with Gasteiger partial charge in [0.1, 0.15) is 5.75 Å². The van der Waals surface area contributed by atoms with Crippen molar-refractivity contribution in [3.05, 3.63) is 58.6 Å². The number of thiocarbonyl (C=S) groups is 1.